The largest absolute Gasteiger partial charge is 2.00 e. The number of halogens is 8. The summed E-state index contributed by atoms with van der Waals surface area (Å²) < 4.78 is 110. The monoisotopic (exact) mass is 488 g/mol. The molecule has 0 radical (unpaired) electrons. The average molecular weight is 489 g/mol. The zero-order valence-electron chi connectivity index (χ0n) is 14.6. The summed E-state index contributed by atoms with van der Waals surface area (Å²) >= 11 is 0. The number of fused-ring (bicyclic) bond motifs is 2. The Labute approximate surface area is 179 Å². The van der Waals surface area contributed by atoms with Gasteiger partial charge in [0.2, 0.25) is 0 Å². The van der Waals surface area contributed by atoms with Crippen LogP contribution in [-0.4, -0.2) is 12.4 Å². The number of hydrogen-bond donors (Lipinski definition) is 0. The molecule has 1 aliphatic rings. The van der Waals surface area contributed by atoms with E-state index >= 15 is 0 Å². The van der Waals surface area contributed by atoms with Crippen molar-refractivity contribution in [1.82, 2.24) is 0 Å². The maximum absolute atomic E-state index is 14.0. The first-order chi connectivity index (χ1) is 14.3. The van der Waals surface area contributed by atoms with Crippen LogP contribution in [0, 0.1) is 46.5 Å². The van der Waals surface area contributed by atoms with Crippen LogP contribution in [0.5, 0.6) is 0 Å². The molecule has 0 aromatic heterocycles. The first kappa shape index (κ1) is 24.1. The first-order valence-corrected chi connectivity index (χ1v) is 7.77. The van der Waals surface area contributed by atoms with Gasteiger partial charge in [-0.2, -0.15) is 12.4 Å². The Balaban J connectivity index is 0.00000341. The van der Waals surface area contributed by atoms with Crippen LogP contribution in [0.15, 0.2) is 34.5 Å². The van der Waals surface area contributed by atoms with Gasteiger partial charge in [0.1, 0.15) is 11.6 Å². The van der Waals surface area contributed by atoms with E-state index < -0.39 is 69.3 Å². The maximum Gasteiger partial charge on any atom is 2.00 e. The summed E-state index contributed by atoms with van der Waals surface area (Å²) in [4.78, 5) is 6.82. The van der Waals surface area contributed by atoms with Crippen LogP contribution in [0.25, 0.3) is 10.6 Å². The van der Waals surface area contributed by atoms with Crippen molar-refractivity contribution in [2.45, 2.75) is 0 Å². The second-order valence-electron chi connectivity index (χ2n) is 5.40. The molecule has 0 bridgehead atoms. The minimum atomic E-state index is -2.12. The Morgan fingerprint density at radius 2 is 0.806 bits per heavy atom. The second kappa shape index (κ2) is 9.73. The van der Waals surface area contributed by atoms with Crippen molar-refractivity contribution in [2.75, 3.05) is 0 Å². The van der Waals surface area contributed by atoms with Gasteiger partial charge in [-0.25, -0.2) is 35.1 Å². The van der Waals surface area contributed by atoms with E-state index in [1.165, 1.54) is 0 Å². The number of benzene rings is 2. The minimum absolute atomic E-state index is 0. The van der Waals surface area contributed by atoms with Crippen molar-refractivity contribution in [3.05, 3.63) is 81.7 Å². The summed E-state index contributed by atoms with van der Waals surface area (Å²) in [6, 6.07) is 0. The van der Waals surface area contributed by atoms with Gasteiger partial charge in [-0.05, 0) is 0 Å². The van der Waals surface area contributed by atoms with Crippen LogP contribution in [0.2, 0.25) is 0 Å². The van der Waals surface area contributed by atoms with Crippen molar-refractivity contribution in [3.63, 3.8) is 0 Å². The molecule has 2 aromatic rings. The van der Waals surface area contributed by atoms with Crippen LogP contribution in [-0.2, 0) is 16.5 Å². The Kier molecular flexibility index (Phi) is 7.56. The van der Waals surface area contributed by atoms with Crippen molar-refractivity contribution < 1.29 is 51.6 Å². The number of allylic oxidation sites excluding steroid dienone is 2. The van der Waals surface area contributed by atoms with E-state index in [2.05, 4.69) is 20.6 Å². The predicted octanol–water partition coefficient (Wildman–Crippen LogP) is 6.95. The van der Waals surface area contributed by atoms with Gasteiger partial charge in [0, 0.05) is 12.4 Å². The topological polar surface area (TPSA) is 52.9 Å². The molecular weight excluding hydrogens is 483 g/mol. The Hall–Kier alpha value is -3.21. The molecule has 1 heterocycles. The molecule has 0 atom stereocenters. The van der Waals surface area contributed by atoms with Crippen molar-refractivity contribution in [2.24, 2.45) is 9.98 Å². The van der Waals surface area contributed by atoms with Crippen molar-refractivity contribution in [1.29, 1.82) is 0 Å². The summed E-state index contributed by atoms with van der Waals surface area (Å²) in [6.45, 7) is 0. The van der Waals surface area contributed by atoms with E-state index in [0.29, 0.717) is 24.8 Å². The van der Waals surface area contributed by atoms with Gasteiger partial charge >= 0.3 is 16.5 Å². The molecule has 0 saturated carbocycles. The zero-order chi connectivity index (χ0) is 22.0. The molecule has 31 heavy (non-hydrogen) atoms. The Morgan fingerprint density at radius 3 is 1.16 bits per heavy atom. The standard InChI is InChI=1S/C18H6F8N4.Ni/c19-7-9(21)13(25)17-15(11(7)23)27-3-1-4-28-16-12(24)8(20)10(22)14(26)18(16)30-6-2-5-29-17;/h1-6H;/q-2;+2/b3-1-,6-2-,28-4?,29-5?;. The Bertz CT molecular complexity index is 1060. The fourth-order valence-electron chi connectivity index (χ4n) is 2.24. The fraction of sp³-hybridized carbons (Fsp3) is 0. The molecular formula is C18H6F8N4Ni. The van der Waals surface area contributed by atoms with Crippen LogP contribution in [0.1, 0.15) is 0 Å². The third-order valence-electron chi connectivity index (χ3n) is 3.60. The Morgan fingerprint density at radius 1 is 0.484 bits per heavy atom. The quantitative estimate of drug-likeness (QED) is 0.167. The van der Waals surface area contributed by atoms with Crippen LogP contribution in [0.3, 0.4) is 0 Å². The normalized spacial score (nSPS) is 15.0. The predicted molar refractivity (Wildman–Crippen MR) is 93.2 cm³/mol. The summed E-state index contributed by atoms with van der Waals surface area (Å²) in [6.07, 6.45) is 4.56. The van der Waals surface area contributed by atoms with Gasteiger partial charge < -0.3 is 10.6 Å². The van der Waals surface area contributed by atoms with Gasteiger partial charge in [0.05, 0.1) is 11.4 Å². The van der Waals surface area contributed by atoms with Gasteiger partial charge in [0.25, 0.3) is 0 Å². The van der Waals surface area contributed by atoms with Gasteiger partial charge in [-0.15, -0.1) is 0 Å². The molecule has 0 aliphatic carbocycles. The number of rotatable bonds is 0. The summed E-state index contributed by atoms with van der Waals surface area (Å²) in [5, 5.41) is 6.82. The SMILES string of the molecule is Fc1c(F)c(F)c2c(c1F)N=C/C=C\[N-]c1c(F)c(F)c(F)c(F)c1N=C/C=C\[N-]2.[Ni+2]. The molecule has 3 rings (SSSR count). The number of nitrogens with zero attached hydrogens (tertiary/aromatic N) is 4. The minimum Gasteiger partial charge on any atom is -0.660 e. The van der Waals surface area contributed by atoms with Crippen molar-refractivity contribution >= 4 is 35.2 Å². The van der Waals surface area contributed by atoms with E-state index in [1.807, 2.05) is 0 Å². The van der Waals surface area contributed by atoms with Crippen LogP contribution < -0.4 is 0 Å². The fourth-order valence-corrected chi connectivity index (χ4v) is 2.24. The molecule has 0 amide bonds. The first-order valence-electron chi connectivity index (χ1n) is 7.77. The zero-order valence-corrected chi connectivity index (χ0v) is 15.6. The molecule has 0 spiro atoms. The second-order valence-corrected chi connectivity index (χ2v) is 5.40. The molecule has 0 N–H and O–H groups in total. The van der Waals surface area contributed by atoms with E-state index in [0.717, 1.165) is 12.2 Å². The molecule has 1 aliphatic heterocycles. The molecule has 0 fully saturated rings. The molecule has 164 valence electrons. The van der Waals surface area contributed by atoms with Crippen molar-refractivity contribution in [3.8, 4) is 0 Å². The van der Waals surface area contributed by atoms with Crippen LogP contribution in [0.4, 0.5) is 57.9 Å². The number of hydrogen-bond acceptors (Lipinski definition) is 2. The third-order valence-corrected chi connectivity index (χ3v) is 3.60. The molecule has 2 aromatic carbocycles. The summed E-state index contributed by atoms with van der Waals surface area (Å²) in [5.74, 6) is -15.8. The molecule has 4 nitrogen and oxygen atoms in total. The van der Waals surface area contributed by atoms with Gasteiger partial charge in [-0.1, -0.05) is 23.5 Å². The smallest absolute Gasteiger partial charge is 0.660 e. The van der Waals surface area contributed by atoms with Gasteiger partial charge in [0.15, 0.2) is 34.9 Å². The molecule has 13 heteroatoms. The average Bonchev–Trinajstić information content (AvgIpc) is 2.74. The molecule has 0 unspecified atom stereocenters. The number of aliphatic imine (C=N–C) groups is 2. The van der Waals surface area contributed by atoms with E-state index in [1.54, 1.807) is 0 Å². The van der Waals surface area contributed by atoms with Crippen LogP contribution >= 0.6 is 0 Å². The van der Waals surface area contributed by atoms with E-state index in [-0.39, 0.29) is 16.5 Å². The third kappa shape index (κ3) is 4.46. The molecule has 0 saturated heterocycles. The van der Waals surface area contributed by atoms with E-state index in [9.17, 15) is 35.1 Å². The summed E-state index contributed by atoms with van der Waals surface area (Å²) in [7, 11) is 0. The summed E-state index contributed by atoms with van der Waals surface area (Å²) in [5.41, 5.74) is -4.00. The van der Waals surface area contributed by atoms with Gasteiger partial charge in [-0.3, -0.25) is 9.98 Å². The van der Waals surface area contributed by atoms with E-state index in [4.69, 9.17) is 0 Å². The maximum atomic E-state index is 14.0.